The molecule has 4 heterocycles. The number of rotatable bonds is 5. The number of pyridine rings is 1. The van der Waals surface area contributed by atoms with E-state index in [1.54, 1.807) is 7.11 Å². The van der Waals surface area contributed by atoms with Crippen molar-refractivity contribution in [2.75, 3.05) is 20.2 Å². The lowest BCUT2D eigenvalue weighted by Gasteiger charge is -2.52. The molecule has 0 N–H and O–H groups in total. The van der Waals surface area contributed by atoms with Crippen molar-refractivity contribution in [2.24, 2.45) is 11.8 Å². The molecule has 0 saturated carbocycles. The molecule has 0 amide bonds. The third-order valence-electron chi connectivity index (χ3n) is 9.75. The summed E-state index contributed by atoms with van der Waals surface area (Å²) in [5, 5.41) is 9.28. The van der Waals surface area contributed by atoms with Gasteiger partial charge in [0.1, 0.15) is 5.75 Å². The number of benzene rings is 5. The minimum atomic E-state index is 0.223. The van der Waals surface area contributed by atoms with E-state index in [-0.39, 0.29) is 5.92 Å². The van der Waals surface area contributed by atoms with Gasteiger partial charge < -0.3 is 4.74 Å². The Hall–Kier alpha value is -3.95. The number of methoxy groups -OCH3 is 1. The molecule has 3 fully saturated rings. The number of piperidine rings is 3. The first kappa shape index (κ1) is 23.0. The molecule has 3 heteroatoms. The van der Waals surface area contributed by atoms with E-state index in [0.29, 0.717) is 17.9 Å². The van der Waals surface area contributed by atoms with Crippen LogP contribution in [0.25, 0.3) is 43.2 Å². The molecule has 3 aliphatic heterocycles. The highest BCUT2D eigenvalue weighted by molar-refractivity contribution is 6.23. The van der Waals surface area contributed by atoms with E-state index in [4.69, 9.17) is 9.72 Å². The molecule has 3 aliphatic rings. The van der Waals surface area contributed by atoms with Crippen LogP contribution in [0.5, 0.6) is 5.75 Å². The van der Waals surface area contributed by atoms with E-state index in [1.165, 1.54) is 61.7 Å². The molecule has 39 heavy (non-hydrogen) atoms. The Morgan fingerprint density at radius 3 is 2.44 bits per heavy atom. The van der Waals surface area contributed by atoms with E-state index in [9.17, 15) is 0 Å². The number of ether oxygens (including phenoxy) is 1. The molecule has 192 valence electrons. The van der Waals surface area contributed by atoms with Gasteiger partial charge in [-0.25, -0.2) is 0 Å². The Bertz CT molecular complexity index is 1860. The predicted molar refractivity (Wildman–Crippen MR) is 162 cm³/mol. The average Bonchev–Trinajstić information content (AvgIpc) is 3.00. The molecule has 3 saturated heterocycles. The second-order valence-corrected chi connectivity index (χ2v) is 11.5. The zero-order valence-electron chi connectivity index (χ0n) is 22.3. The van der Waals surface area contributed by atoms with Crippen LogP contribution in [0, 0.1) is 11.8 Å². The first-order chi connectivity index (χ1) is 19.2. The number of hydrogen-bond donors (Lipinski definition) is 0. The van der Waals surface area contributed by atoms with Crippen LogP contribution in [-0.2, 0) is 0 Å². The maximum Gasteiger partial charge on any atom is 0.119 e. The van der Waals surface area contributed by atoms with Gasteiger partial charge in [0.2, 0.25) is 0 Å². The van der Waals surface area contributed by atoms with E-state index in [2.05, 4.69) is 90.4 Å². The van der Waals surface area contributed by atoms with Gasteiger partial charge in [-0.1, -0.05) is 60.7 Å². The van der Waals surface area contributed by atoms with Gasteiger partial charge in [-0.15, -0.1) is 6.58 Å². The maximum absolute atomic E-state index is 5.68. The Morgan fingerprint density at radius 2 is 1.67 bits per heavy atom. The molecule has 0 radical (unpaired) electrons. The fourth-order valence-electron chi connectivity index (χ4n) is 7.88. The molecular weight excluding hydrogens is 476 g/mol. The van der Waals surface area contributed by atoms with Crippen molar-refractivity contribution in [1.29, 1.82) is 0 Å². The number of nitrogens with zero attached hydrogens (tertiary/aromatic N) is 2. The van der Waals surface area contributed by atoms with Gasteiger partial charge in [0.05, 0.1) is 12.6 Å². The molecular formula is C36H32N2O. The topological polar surface area (TPSA) is 25.4 Å². The van der Waals surface area contributed by atoms with Crippen LogP contribution in [0.2, 0.25) is 0 Å². The summed E-state index contributed by atoms with van der Waals surface area (Å²) in [6.45, 7) is 6.45. The SMILES string of the molecule is C=C[C@H]1CN2CC[C@H]1C[C@H]2[C@H](c1ccnc2ccc(OC)cc12)c1ccc2ccc3cccc4ccc1c2c34. The maximum atomic E-state index is 5.68. The van der Waals surface area contributed by atoms with Gasteiger partial charge in [0.15, 0.2) is 0 Å². The zero-order valence-corrected chi connectivity index (χ0v) is 22.3. The Morgan fingerprint density at radius 1 is 0.897 bits per heavy atom. The molecule has 2 bridgehead atoms. The molecule has 1 unspecified atom stereocenters. The first-order valence-electron chi connectivity index (χ1n) is 14.2. The molecule has 1 aromatic heterocycles. The highest BCUT2D eigenvalue weighted by Gasteiger charge is 2.43. The van der Waals surface area contributed by atoms with Crippen molar-refractivity contribution in [2.45, 2.75) is 24.8 Å². The standard InChI is InChI=1S/C36H32N2O/c1-3-22-21-38-18-16-26(22)19-33(38)36(30-15-17-37-32-14-11-27(39-2)20-31(30)32)29-13-10-25-8-7-23-5-4-6-24-9-12-28(29)35(25)34(23)24/h3-15,17,20,22,26,33,36H,1,16,18-19,21H2,2H3/t22-,26-,33-,36-/m0/s1. The molecule has 9 rings (SSSR count). The second kappa shape index (κ2) is 8.79. The summed E-state index contributed by atoms with van der Waals surface area (Å²) in [6.07, 6.45) is 6.65. The van der Waals surface area contributed by atoms with Crippen molar-refractivity contribution >= 4 is 43.2 Å². The van der Waals surface area contributed by atoms with Gasteiger partial charge >= 0.3 is 0 Å². The highest BCUT2D eigenvalue weighted by atomic mass is 16.5. The number of hydrogen-bond acceptors (Lipinski definition) is 3. The largest absolute Gasteiger partial charge is 0.497 e. The van der Waals surface area contributed by atoms with E-state index in [0.717, 1.165) is 24.4 Å². The lowest BCUT2D eigenvalue weighted by atomic mass is 9.69. The van der Waals surface area contributed by atoms with Gasteiger partial charge in [0.25, 0.3) is 0 Å². The monoisotopic (exact) mass is 508 g/mol. The minimum absolute atomic E-state index is 0.223. The summed E-state index contributed by atoms with van der Waals surface area (Å²) in [4.78, 5) is 7.51. The van der Waals surface area contributed by atoms with E-state index >= 15 is 0 Å². The van der Waals surface area contributed by atoms with Crippen LogP contribution < -0.4 is 4.74 Å². The first-order valence-corrected chi connectivity index (χ1v) is 14.2. The highest BCUT2D eigenvalue weighted by Crippen LogP contribution is 2.48. The molecule has 5 aromatic carbocycles. The summed E-state index contributed by atoms with van der Waals surface area (Å²) in [5.41, 5.74) is 3.79. The third-order valence-corrected chi connectivity index (χ3v) is 9.75. The van der Waals surface area contributed by atoms with E-state index in [1.807, 2.05) is 12.3 Å². The molecule has 5 atom stereocenters. The van der Waals surface area contributed by atoms with Crippen molar-refractivity contribution in [3.05, 3.63) is 109 Å². The summed E-state index contributed by atoms with van der Waals surface area (Å²) < 4.78 is 5.68. The van der Waals surface area contributed by atoms with Crippen LogP contribution >= 0.6 is 0 Å². The van der Waals surface area contributed by atoms with Crippen molar-refractivity contribution in [3.8, 4) is 5.75 Å². The second-order valence-electron chi connectivity index (χ2n) is 11.5. The van der Waals surface area contributed by atoms with Crippen LogP contribution in [0.3, 0.4) is 0 Å². The molecule has 0 aliphatic carbocycles. The van der Waals surface area contributed by atoms with Gasteiger partial charge in [-0.3, -0.25) is 9.88 Å². The van der Waals surface area contributed by atoms with Crippen LogP contribution in [-0.4, -0.2) is 36.1 Å². The number of aromatic nitrogens is 1. The Balaban J connectivity index is 1.42. The van der Waals surface area contributed by atoms with Gasteiger partial charge in [-0.05, 0) is 98.9 Å². The quantitative estimate of drug-likeness (QED) is 0.173. The van der Waals surface area contributed by atoms with Crippen LogP contribution in [0.15, 0.2) is 97.7 Å². The van der Waals surface area contributed by atoms with E-state index < -0.39 is 0 Å². The third kappa shape index (κ3) is 3.43. The summed E-state index contributed by atoms with van der Waals surface area (Å²) in [6, 6.07) is 29.7. The summed E-state index contributed by atoms with van der Waals surface area (Å²) >= 11 is 0. The fourth-order valence-corrected chi connectivity index (χ4v) is 7.88. The lowest BCUT2D eigenvalue weighted by Crippen LogP contribution is -2.55. The fraction of sp³-hybridized carbons (Fsp3) is 0.250. The van der Waals surface area contributed by atoms with Crippen molar-refractivity contribution < 1.29 is 4.74 Å². The Labute approximate surface area is 229 Å². The minimum Gasteiger partial charge on any atom is -0.497 e. The molecule has 6 aromatic rings. The molecule has 0 spiro atoms. The Kier molecular flexibility index (Phi) is 5.18. The summed E-state index contributed by atoms with van der Waals surface area (Å²) in [7, 11) is 1.75. The van der Waals surface area contributed by atoms with Crippen LogP contribution in [0.1, 0.15) is 29.9 Å². The predicted octanol–water partition coefficient (Wildman–Crippen LogP) is 8.17. The smallest absolute Gasteiger partial charge is 0.119 e. The van der Waals surface area contributed by atoms with Gasteiger partial charge in [-0.2, -0.15) is 0 Å². The number of fused-ring (bicyclic) bond motifs is 4. The summed E-state index contributed by atoms with van der Waals surface area (Å²) in [5.74, 6) is 2.39. The van der Waals surface area contributed by atoms with Crippen LogP contribution in [0.4, 0.5) is 0 Å². The van der Waals surface area contributed by atoms with Gasteiger partial charge in [0, 0.05) is 30.1 Å². The van der Waals surface area contributed by atoms with Crippen molar-refractivity contribution in [3.63, 3.8) is 0 Å². The zero-order chi connectivity index (χ0) is 26.1. The van der Waals surface area contributed by atoms with Crippen molar-refractivity contribution in [1.82, 2.24) is 9.88 Å². The molecule has 3 nitrogen and oxygen atoms in total. The average molecular weight is 509 g/mol. The lowest BCUT2D eigenvalue weighted by molar-refractivity contribution is 0.0123. The normalized spacial score (nSPS) is 23.6.